The number of hydrogen-bond acceptors (Lipinski definition) is 3. The Hall–Kier alpha value is -0.890. The van der Waals surface area contributed by atoms with Crippen LogP contribution in [0.3, 0.4) is 0 Å². The van der Waals surface area contributed by atoms with E-state index in [1.165, 1.54) is 0 Å². The van der Waals surface area contributed by atoms with Crippen molar-refractivity contribution >= 4 is 15.9 Å². The Morgan fingerprint density at radius 2 is 2.20 bits per heavy atom. The van der Waals surface area contributed by atoms with E-state index in [1.54, 1.807) is 12.1 Å². The molecule has 4 heteroatoms. The summed E-state index contributed by atoms with van der Waals surface area (Å²) in [6.07, 6.45) is 0. The lowest BCUT2D eigenvalue weighted by Crippen LogP contribution is -2.00. The minimum atomic E-state index is 0.278. The normalized spacial score (nSPS) is 9.93. The van der Waals surface area contributed by atoms with Gasteiger partial charge >= 0.3 is 0 Å². The van der Waals surface area contributed by atoms with Gasteiger partial charge in [0.15, 0.2) is 0 Å². The molecule has 0 atom stereocenters. The smallest absolute Gasteiger partial charge is 0.147 e. The lowest BCUT2D eigenvalue weighted by molar-refractivity contribution is -0.0573. The van der Waals surface area contributed by atoms with Crippen LogP contribution in [0.2, 0.25) is 0 Å². The van der Waals surface area contributed by atoms with E-state index in [1.807, 2.05) is 13.0 Å². The van der Waals surface area contributed by atoms with Gasteiger partial charge in [0.1, 0.15) is 6.79 Å². The first-order valence-electron chi connectivity index (χ1n) is 4.62. The Morgan fingerprint density at radius 3 is 2.87 bits per heavy atom. The Balaban J connectivity index is 2.56. The molecule has 0 heterocycles. The molecule has 0 saturated carbocycles. The number of ether oxygens (including phenoxy) is 2. The summed E-state index contributed by atoms with van der Waals surface area (Å²) >= 11 is 3.40. The average Bonchev–Trinajstić information content (AvgIpc) is 2.26. The fourth-order valence-corrected chi connectivity index (χ4v) is 1.41. The van der Waals surface area contributed by atoms with Gasteiger partial charge in [0, 0.05) is 11.1 Å². The first kappa shape index (κ1) is 12.2. The Labute approximate surface area is 97.7 Å². The average molecular weight is 270 g/mol. The molecular weight excluding hydrogens is 258 g/mol. The van der Waals surface area contributed by atoms with Gasteiger partial charge in [0.25, 0.3) is 0 Å². The molecule has 0 amide bonds. The maximum absolute atomic E-state index is 8.73. The number of rotatable bonds is 5. The zero-order valence-corrected chi connectivity index (χ0v) is 10.1. The molecule has 80 valence electrons. The molecule has 0 aromatic heterocycles. The first-order chi connectivity index (χ1) is 7.27. The summed E-state index contributed by atoms with van der Waals surface area (Å²) in [5.41, 5.74) is 1.59. The Kier molecular flexibility index (Phi) is 5.33. The predicted octanol–water partition coefficient (Wildman–Crippen LogP) is 2.83. The molecule has 3 nitrogen and oxygen atoms in total. The van der Waals surface area contributed by atoms with Crippen molar-refractivity contribution in [3.05, 3.63) is 33.8 Å². The Morgan fingerprint density at radius 1 is 1.40 bits per heavy atom. The standard InChI is InChI=1S/C11H12BrNO2/c1-2-14-8-15-7-10-5-9(6-13)3-4-11(10)12/h3-5H,2,7-8H2,1H3. The molecule has 15 heavy (non-hydrogen) atoms. The van der Waals surface area contributed by atoms with Crippen LogP contribution < -0.4 is 0 Å². The number of nitrogens with zero attached hydrogens (tertiary/aromatic N) is 1. The second-order valence-corrected chi connectivity index (χ2v) is 3.73. The topological polar surface area (TPSA) is 42.2 Å². The molecule has 1 aromatic carbocycles. The van der Waals surface area contributed by atoms with Crippen molar-refractivity contribution in [1.29, 1.82) is 5.26 Å². The van der Waals surface area contributed by atoms with Crippen molar-refractivity contribution in [1.82, 2.24) is 0 Å². The van der Waals surface area contributed by atoms with E-state index in [4.69, 9.17) is 14.7 Å². The second-order valence-electron chi connectivity index (χ2n) is 2.88. The monoisotopic (exact) mass is 269 g/mol. The van der Waals surface area contributed by atoms with E-state index in [0.717, 1.165) is 10.0 Å². The quantitative estimate of drug-likeness (QED) is 0.610. The van der Waals surface area contributed by atoms with E-state index < -0.39 is 0 Å². The molecule has 0 saturated heterocycles. The Bertz CT molecular complexity index is 360. The van der Waals surface area contributed by atoms with Crippen molar-refractivity contribution in [3.63, 3.8) is 0 Å². The summed E-state index contributed by atoms with van der Waals surface area (Å²) in [5.74, 6) is 0. The highest BCUT2D eigenvalue weighted by atomic mass is 79.9. The van der Waals surface area contributed by atoms with Crippen molar-refractivity contribution in [3.8, 4) is 6.07 Å². The SMILES string of the molecule is CCOCOCc1cc(C#N)ccc1Br. The van der Waals surface area contributed by atoms with Crippen LogP contribution in [0.4, 0.5) is 0 Å². The summed E-state index contributed by atoms with van der Waals surface area (Å²) in [6.45, 7) is 3.27. The minimum Gasteiger partial charge on any atom is -0.356 e. The van der Waals surface area contributed by atoms with Crippen LogP contribution in [0.5, 0.6) is 0 Å². The van der Waals surface area contributed by atoms with Gasteiger partial charge in [0.05, 0.1) is 18.2 Å². The third kappa shape index (κ3) is 4.00. The maximum atomic E-state index is 8.73. The first-order valence-corrected chi connectivity index (χ1v) is 5.41. The van der Waals surface area contributed by atoms with Gasteiger partial charge in [-0.2, -0.15) is 5.26 Å². The van der Waals surface area contributed by atoms with Crippen LogP contribution in [-0.2, 0) is 16.1 Å². The maximum Gasteiger partial charge on any atom is 0.147 e. The molecule has 0 spiro atoms. The zero-order valence-electron chi connectivity index (χ0n) is 8.50. The van der Waals surface area contributed by atoms with Crippen molar-refractivity contribution in [2.24, 2.45) is 0 Å². The fraction of sp³-hybridized carbons (Fsp3) is 0.364. The molecule has 0 aliphatic carbocycles. The van der Waals surface area contributed by atoms with E-state index in [0.29, 0.717) is 18.8 Å². The zero-order chi connectivity index (χ0) is 11.1. The van der Waals surface area contributed by atoms with Crippen molar-refractivity contribution in [2.45, 2.75) is 13.5 Å². The molecule has 0 unspecified atom stereocenters. The second kappa shape index (κ2) is 6.57. The van der Waals surface area contributed by atoms with E-state index >= 15 is 0 Å². The molecule has 0 radical (unpaired) electrons. The van der Waals surface area contributed by atoms with Gasteiger partial charge in [-0.25, -0.2) is 0 Å². The summed E-state index contributed by atoms with van der Waals surface area (Å²) in [4.78, 5) is 0. The number of hydrogen-bond donors (Lipinski definition) is 0. The lowest BCUT2D eigenvalue weighted by atomic mass is 10.1. The number of benzene rings is 1. The predicted molar refractivity (Wildman–Crippen MR) is 60.1 cm³/mol. The minimum absolute atomic E-state index is 0.278. The van der Waals surface area contributed by atoms with Gasteiger partial charge in [-0.3, -0.25) is 0 Å². The largest absolute Gasteiger partial charge is 0.356 e. The molecule has 1 aromatic rings. The van der Waals surface area contributed by atoms with Gasteiger partial charge in [0.2, 0.25) is 0 Å². The summed E-state index contributed by atoms with van der Waals surface area (Å²) in [5, 5.41) is 8.73. The van der Waals surface area contributed by atoms with Gasteiger partial charge in [-0.05, 0) is 30.7 Å². The van der Waals surface area contributed by atoms with Gasteiger partial charge < -0.3 is 9.47 Å². The van der Waals surface area contributed by atoms with Crippen molar-refractivity contribution in [2.75, 3.05) is 13.4 Å². The van der Waals surface area contributed by atoms with Crippen LogP contribution in [0, 0.1) is 11.3 Å². The van der Waals surface area contributed by atoms with E-state index in [9.17, 15) is 0 Å². The van der Waals surface area contributed by atoms with E-state index in [2.05, 4.69) is 22.0 Å². The summed E-state index contributed by atoms with van der Waals surface area (Å²) in [7, 11) is 0. The number of halogens is 1. The summed E-state index contributed by atoms with van der Waals surface area (Å²) in [6, 6.07) is 7.50. The lowest BCUT2D eigenvalue weighted by Gasteiger charge is -2.06. The fourth-order valence-electron chi connectivity index (χ4n) is 1.05. The van der Waals surface area contributed by atoms with Gasteiger partial charge in [-0.1, -0.05) is 15.9 Å². The van der Waals surface area contributed by atoms with Crippen LogP contribution in [0.1, 0.15) is 18.1 Å². The highest BCUT2D eigenvalue weighted by Gasteiger charge is 2.01. The molecular formula is C11H12BrNO2. The highest BCUT2D eigenvalue weighted by Crippen LogP contribution is 2.18. The van der Waals surface area contributed by atoms with E-state index in [-0.39, 0.29) is 6.79 Å². The van der Waals surface area contributed by atoms with Crippen molar-refractivity contribution < 1.29 is 9.47 Å². The van der Waals surface area contributed by atoms with Crippen LogP contribution >= 0.6 is 15.9 Å². The molecule has 0 aliphatic rings. The van der Waals surface area contributed by atoms with Crippen LogP contribution in [0.15, 0.2) is 22.7 Å². The van der Waals surface area contributed by atoms with Crippen LogP contribution in [0.25, 0.3) is 0 Å². The molecule has 0 fully saturated rings. The molecule has 0 N–H and O–H groups in total. The summed E-state index contributed by atoms with van der Waals surface area (Å²) < 4.78 is 11.3. The molecule has 1 rings (SSSR count). The van der Waals surface area contributed by atoms with Gasteiger partial charge in [-0.15, -0.1) is 0 Å². The third-order valence-electron chi connectivity index (χ3n) is 1.80. The third-order valence-corrected chi connectivity index (χ3v) is 2.58. The molecule has 0 bridgehead atoms. The molecule has 0 aliphatic heterocycles. The van der Waals surface area contributed by atoms with Crippen LogP contribution in [-0.4, -0.2) is 13.4 Å². The highest BCUT2D eigenvalue weighted by molar-refractivity contribution is 9.10. The number of nitriles is 1.